The number of carbonyl (C=O) groups excluding carboxylic acids is 1. The predicted octanol–water partition coefficient (Wildman–Crippen LogP) is 2.09. The highest BCUT2D eigenvalue weighted by molar-refractivity contribution is 5.85. The van der Waals surface area contributed by atoms with Crippen LogP contribution in [0.25, 0.3) is 0 Å². The molecule has 0 saturated heterocycles. The lowest BCUT2D eigenvalue weighted by molar-refractivity contribution is -0.156. The van der Waals surface area contributed by atoms with Crippen molar-refractivity contribution in [2.45, 2.75) is 38.8 Å². The molecule has 3 heterocycles. The van der Waals surface area contributed by atoms with Gasteiger partial charge in [0.1, 0.15) is 11.6 Å². The van der Waals surface area contributed by atoms with Crippen LogP contribution in [-0.2, 0) is 16.0 Å². The van der Waals surface area contributed by atoms with Gasteiger partial charge in [-0.3, -0.25) is 9.78 Å². The lowest BCUT2D eigenvalue weighted by Gasteiger charge is -2.39. The summed E-state index contributed by atoms with van der Waals surface area (Å²) in [5.74, 6) is -0.0261. The van der Waals surface area contributed by atoms with Crippen LogP contribution in [0, 0.1) is 0 Å². The van der Waals surface area contributed by atoms with E-state index < -0.39 is 5.60 Å². The summed E-state index contributed by atoms with van der Waals surface area (Å²) in [4.78, 5) is 26.8. The normalized spacial score (nSPS) is 17.9. The minimum atomic E-state index is -0.858. The fourth-order valence-electron chi connectivity index (χ4n) is 3.14. The van der Waals surface area contributed by atoms with Gasteiger partial charge in [-0.1, -0.05) is 6.07 Å². The van der Waals surface area contributed by atoms with Gasteiger partial charge in [0.2, 0.25) is 0 Å². The van der Waals surface area contributed by atoms with Gasteiger partial charge in [-0.05, 0) is 32.4 Å². The number of nitrogens with zero attached hydrogens (tertiary/aromatic N) is 3. The molecule has 6 heteroatoms. The number of ether oxygens (including phenoxy) is 1. The molecule has 3 rings (SSSR count). The summed E-state index contributed by atoms with van der Waals surface area (Å²) in [7, 11) is 0. The number of aromatic amines is 1. The SMILES string of the molecule is CCOC(C)(C)C(=O)N1CCc2[nH]cnc2C1c1cccnc1. The van der Waals surface area contributed by atoms with Crippen LogP contribution < -0.4 is 0 Å². The molecule has 6 nitrogen and oxygen atoms in total. The number of fused-ring (bicyclic) bond motifs is 1. The van der Waals surface area contributed by atoms with Crippen LogP contribution in [0.3, 0.4) is 0 Å². The summed E-state index contributed by atoms with van der Waals surface area (Å²) < 4.78 is 5.66. The van der Waals surface area contributed by atoms with Crippen molar-refractivity contribution in [1.29, 1.82) is 0 Å². The van der Waals surface area contributed by atoms with Gasteiger partial charge in [0.05, 0.1) is 12.0 Å². The summed E-state index contributed by atoms with van der Waals surface area (Å²) in [5, 5.41) is 0. The molecule has 1 amide bonds. The molecule has 2 aromatic rings. The largest absolute Gasteiger partial charge is 0.366 e. The van der Waals surface area contributed by atoms with Gasteiger partial charge in [0, 0.05) is 37.7 Å². The van der Waals surface area contributed by atoms with Gasteiger partial charge >= 0.3 is 0 Å². The number of H-pyrrole nitrogens is 1. The molecule has 1 unspecified atom stereocenters. The van der Waals surface area contributed by atoms with E-state index in [-0.39, 0.29) is 11.9 Å². The smallest absolute Gasteiger partial charge is 0.255 e. The number of carbonyl (C=O) groups is 1. The Balaban J connectivity index is 2.01. The molecule has 23 heavy (non-hydrogen) atoms. The Hall–Kier alpha value is -2.21. The Bertz CT molecular complexity index is 681. The first-order valence-corrected chi connectivity index (χ1v) is 7.91. The zero-order chi connectivity index (χ0) is 16.4. The predicted molar refractivity (Wildman–Crippen MR) is 85.8 cm³/mol. The summed E-state index contributed by atoms with van der Waals surface area (Å²) in [5.41, 5.74) is 2.08. The Kier molecular flexibility index (Phi) is 4.17. The highest BCUT2D eigenvalue weighted by Gasteiger charge is 2.40. The number of hydrogen-bond donors (Lipinski definition) is 1. The van der Waals surface area contributed by atoms with Crippen molar-refractivity contribution in [2.24, 2.45) is 0 Å². The minimum Gasteiger partial charge on any atom is -0.366 e. The molecule has 0 bridgehead atoms. The van der Waals surface area contributed by atoms with E-state index in [0.717, 1.165) is 23.4 Å². The van der Waals surface area contributed by atoms with Gasteiger partial charge < -0.3 is 14.6 Å². The third-order valence-corrected chi connectivity index (χ3v) is 4.21. The van der Waals surface area contributed by atoms with Gasteiger partial charge in [-0.25, -0.2) is 4.98 Å². The third-order valence-electron chi connectivity index (χ3n) is 4.21. The van der Waals surface area contributed by atoms with Crippen LogP contribution in [0.15, 0.2) is 30.9 Å². The first-order chi connectivity index (χ1) is 11.0. The number of imidazole rings is 1. The standard InChI is InChI=1S/C17H22N4O2/c1-4-23-17(2,3)16(22)21-9-7-13-14(20-11-19-13)15(21)12-6-5-8-18-10-12/h5-6,8,10-11,15H,4,7,9H2,1-3H3,(H,19,20). The van der Waals surface area contributed by atoms with Crippen LogP contribution in [-0.4, -0.2) is 44.5 Å². The molecule has 0 spiro atoms. The van der Waals surface area contributed by atoms with Crippen LogP contribution in [0.2, 0.25) is 0 Å². The van der Waals surface area contributed by atoms with Crippen LogP contribution >= 0.6 is 0 Å². The summed E-state index contributed by atoms with van der Waals surface area (Å²) in [6, 6.07) is 3.63. The second-order valence-electron chi connectivity index (χ2n) is 6.15. The van der Waals surface area contributed by atoms with E-state index in [0.29, 0.717) is 13.2 Å². The van der Waals surface area contributed by atoms with Crippen molar-refractivity contribution in [3.05, 3.63) is 47.8 Å². The maximum atomic E-state index is 13.1. The molecule has 0 fully saturated rings. The second kappa shape index (κ2) is 6.12. The molecule has 2 aromatic heterocycles. The van der Waals surface area contributed by atoms with Crippen molar-refractivity contribution in [3.63, 3.8) is 0 Å². The van der Waals surface area contributed by atoms with E-state index >= 15 is 0 Å². The Morgan fingerprint density at radius 3 is 3.04 bits per heavy atom. The lowest BCUT2D eigenvalue weighted by atomic mass is 9.94. The van der Waals surface area contributed by atoms with Gasteiger partial charge in [-0.2, -0.15) is 0 Å². The fourth-order valence-corrected chi connectivity index (χ4v) is 3.14. The van der Waals surface area contributed by atoms with E-state index in [1.165, 1.54) is 0 Å². The maximum Gasteiger partial charge on any atom is 0.255 e. The second-order valence-corrected chi connectivity index (χ2v) is 6.15. The summed E-state index contributed by atoms with van der Waals surface area (Å²) in [6.45, 7) is 6.66. The topological polar surface area (TPSA) is 71.1 Å². The first kappa shape index (κ1) is 15.7. The molecule has 0 aliphatic carbocycles. The Morgan fingerprint density at radius 2 is 2.35 bits per heavy atom. The van der Waals surface area contributed by atoms with Crippen LogP contribution in [0.5, 0.6) is 0 Å². The molecular formula is C17H22N4O2. The molecule has 1 aliphatic heterocycles. The molecule has 0 aromatic carbocycles. The molecule has 1 atom stereocenters. The average Bonchev–Trinajstić information content (AvgIpc) is 3.02. The number of aromatic nitrogens is 3. The zero-order valence-corrected chi connectivity index (χ0v) is 13.7. The molecule has 0 radical (unpaired) electrons. The van der Waals surface area contributed by atoms with Crippen molar-refractivity contribution in [1.82, 2.24) is 19.9 Å². The molecule has 122 valence electrons. The Morgan fingerprint density at radius 1 is 1.52 bits per heavy atom. The van der Waals surface area contributed by atoms with Crippen LogP contribution in [0.1, 0.15) is 43.8 Å². The van der Waals surface area contributed by atoms with Gasteiger partial charge in [0.15, 0.2) is 0 Å². The third kappa shape index (κ3) is 2.86. The fraction of sp³-hybridized carbons (Fsp3) is 0.471. The van der Waals surface area contributed by atoms with E-state index in [4.69, 9.17) is 4.74 Å². The highest BCUT2D eigenvalue weighted by atomic mass is 16.5. The lowest BCUT2D eigenvalue weighted by Crippen LogP contribution is -2.51. The molecule has 1 aliphatic rings. The number of pyridine rings is 1. The first-order valence-electron chi connectivity index (χ1n) is 7.91. The van der Waals surface area contributed by atoms with Crippen molar-refractivity contribution >= 4 is 5.91 Å². The number of rotatable bonds is 4. The Labute approximate surface area is 135 Å². The number of hydrogen-bond acceptors (Lipinski definition) is 4. The molecule has 0 saturated carbocycles. The highest BCUT2D eigenvalue weighted by Crippen LogP contribution is 2.34. The molecule has 1 N–H and O–H groups in total. The quantitative estimate of drug-likeness (QED) is 0.938. The van der Waals surface area contributed by atoms with E-state index in [2.05, 4.69) is 15.0 Å². The number of nitrogens with one attached hydrogen (secondary N) is 1. The zero-order valence-electron chi connectivity index (χ0n) is 13.7. The summed E-state index contributed by atoms with van der Waals surface area (Å²) in [6.07, 6.45) is 5.98. The van der Waals surface area contributed by atoms with E-state index in [9.17, 15) is 4.79 Å². The average molecular weight is 314 g/mol. The number of amides is 1. The minimum absolute atomic E-state index is 0.0261. The maximum absolute atomic E-state index is 13.1. The monoisotopic (exact) mass is 314 g/mol. The van der Waals surface area contributed by atoms with E-state index in [1.54, 1.807) is 18.7 Å². The summed E-state index contributed by atoms with van der Waals surface area (Å²) >= 11 is 0. The van der Waals surface area contributed by atoms with Crippen molar-refractivity contribution in [2.75, 3.05) is 13.2 Å². The van der Waals surface area contributed by atoms with Crippen molar-refractivity contribution < 1.29 is 9.53 Å². The molecular weight excluding hydrogens is 292 g/mol. The van der Waals surface area contributed by atoms with Crippen molar-refractivity contribution in [3.8, 4) is 0 Å². The van der Waals surface area contributed by atoms with E-state index in [1.807, 2.05) is 37.8 Å². The van der Waals surface area contributed by atoms with Gasteiger partial charge in [0.25, 0.3) is 5.91 Å². The van der Waals surface area contributed by atoms with Gasteiger partial charge in [-0.15, -0.1) is 0 Å². The van der Waals surface area contributed by atoms with Crippen LogP contribution in [0.4, 0.5) is 0 Å².